The molecule has 2 N–H and O–H groups in total. The molecule has 1 aromatic carbocycles. The van der Waals surface area contributed by atoms with Gasteiger partial charge in [-0.3, -0.25) is 4.79 Å². The summed E-state index contributed by atoms with van der Waals surface area (Å²) in [6.07, 6.45) is 0.784. The summed E-state index contributed by atoms with van der Waals surface area (Å²) in [6.45, 7) is 4.65. The number of nitrogens with zero attached hydrogens (tertiary/aromatic N) is 1. The number of nitrogens with one attached hydrogen (secondary N) is 2. The summed E-state index contributed by atoms with van der Waals surface area (Å²) in [5, 5.41) is 6.07. The first-order valence-corrected chi connectivity index (χ1v) is 7.38. The maximum atomic E-state index is 14.2. The van der Waals surface area contributed by atoms with Crippen molar-refractivity contribution in [1.29, 1.82) is 0 Å². The van der Waals surface area contributed by atoms with E-state index in [1.807, 2.05) is 6.07 Å². The van der Waals surface area contributed by atoms with E-state index in [4.69, 9.17) is 4.74 Å². The van der Waals surface area contributed by atoms with Crippen LogP contribution in [0.4, 0.5) is 10.1 Å². The van der Waals surface area contributed by atoms with Gasteiger partial charge < -0.3 is 20.3 Å². The molecule has 2 heterocycles. The van der Waals surface area contributed by atoms with Crippen molar-refractivity contribution in [3.63, 3.8) is 0 Å². The molecule has 1 atom stereocenters. The fraction of sp³-hybridized carbons (Fsp3) is 0.533. The number of rotatable bonds is 3. The van der Waals surface area contributed by atoms with Gasteiger partial charge in [-0.05, 0) is 24.6 Å². The molecule has 0 aliphatic carbocycles. The first kappa shape index (κ1) is 14.3. The van der Waals surface area contributed by atoms with Crippen LogP contribution in [0.15, 0.2) is 18.2 Å². The minimum atomic E-state index is -0.470. The van der Waals surface area contributed by atoms with Crippen LogP contribution >= 0.6 is 0 Å². The SMILES string of the molecule is O=C(NC1CCOC1)c1ccc(N2CCNCC2)cc1F. The Hall–Kier alpha value is -1.66. The van der Waals surface area contributed by atoms with Crippen molar-refractivity contribution in [1.82, 2.24) is 10.6 Å². The summed E-state index contributed by atoms with van der Waals surface area (Å²) in [5.74, 6) is -0.836. The number of anilines is 1. The van der Waals surface area contributed by atoms with Crippen molar-refractivity contribution in [2.75, 3.05) is 44.3 Å². The molecule has 0 saturated carbocycles. The lowest BCUT2D eigenvalue weighted by atomic mass is 10.1. The van der Waals surface area contributed by atoms with Crippen LogP contribution in [0.5, 0.6) is 0 Å². The van der Waals surface area contributed by atoms with Crippen molar-refractivity contribution in [2.45, 2.75) is 12.5 Å². The molecule has 0 bridgehead atoms. The molecule has 6 heteroatoms. The van der Waals surface area contributed by atoms with E-state index in [-0.39, 0.29) is 17.5 Å². The highest BCUT2D eigenvalue weighted by Gasteiger charge is 2.21. The number of hydrogen-bond donors (Lipinski definition) is 2. The van der Waals surface area contributed by atoms with Gasteiger partial charge >= 0.3 is 0 Å². The molecule has 2 saturated heterocycles. The maximum absolute atomic E-state index is 14.2. The van der Waals surface area contributed by atoms with E-state index in [0.29, 0.717) is 13.2 Å². The summed E-state index contributed by atoms with van der Waals surface area (Å²) in [6, 6.07) is 4.82. The number of carbonyl (C=O) groups excluding carboxylic acids is 1. The number of carbonyl (C=O) groups is 1. The first-order valence-electron chi connectivity index (χ1n) is 7.38. The lowest BCUT2D eigenvalue weighted by Crippen LogP contribution is -2.43. The molecule has 2 aliphatic heterocycles. The number of halogens is 1. The Bertz CT molecular complexity index is 512. The topological polar surface area (TPSA) is 53.6 Å². The minimum Gasteiger partial charge on any atom is -0.379 e. The van der Waals surface area contributed by atoms with E-state index in [1.54, 1.807) is 6.07 Å². The molecule has 114 valence electrons. The summed E-state index contributed by atoms with van der Waals surface area (Å²) in [5.41, 5.74) is 0.926. The first-order chi connectivity index (χ1) is 10.2. The van der Waals surface area contributed by atoms with Gasteiger partial charge in [0.05, 0.1) is 18.2 Å². The third kappa shape index (κ3) is 3.33. The van der Waals surface area contributed by atoms with Gasteiger partial charge in [-0.1, -0.05) is 0 Å². The Kier molecular flexibility index (Phi) is 4.36. The molecular formula is C15H20FN3O2. The quantitative estimate of drug-likeness (QED) is 0.864. The average Bonchev–Trinajstić information content (AvgIpc) is 3.01. The molecule has 3 rings (SSSR count). The number of hydrogen-bond acceptors (Lipinski definition) is 4. The van der Waals surface area contributed by atoms with E-state index < -0.39 is 5.82 Å². The van der Waals surface area contributed by atoms with Crippen molar-refractivity contribution in [3.05, 3.63) is 29.6 Å². The standard InChI is InChI=1S/C15H20FN3O2/c16-14-9-12(19-6-4-17-5-7-19)1-2-13(14)15(20)18-11-3-8-21-10-11/h1-2,9,11,17H,3-8,10H2,(H,18,20). The molecule has 0 radical (unpaired) electrons. The predicted molar refractivity (Wildman–Crippen MR) is 78.2 cm³/mol. The smallest absolute Gasteiger partial charge is 0.254 e. The number of amides is 1. The highest BCUT2D eigenvalue weighted by Crippen LogP contribution is 2.19. The zero-order valence-electron chi connectivity index (χ0n) is 11.9. The number of piperazine rings is 1. The third-order valence-electron chi connectivity index (χ3n) is 3.94. The zero-order valence-corrected chi connectivity index (χ0v) is 11.9. The van der Waals surface area contributed by atoms with E-state index >= 15 is 0 Å². The van der Waals surface area contributed by atoms with Gasteiger partial charge in [-0.2, -0.15) is 0 Å². The Balaban J connectivity index is 1.69. The van der Waals surface area contributed by atoms with E-state index in [9.17, 15) is 9.18 Å². The van der Waals surface area contributed by atoms with E-state index in [1.165, 1.54) is 6.07 Å². The Morgan fingerprint density at radius 3 is 2.86 bits per heavy atom. The van der Waals surface area contributed by atoms with Crippen molar-refractivity contribution in [3.8, 4) is 0 Å². The van der Waals surface area contributed by atoms with Crippen molar-refractivity contribution >= 4 is 11.6 Å². The molecule has 21 heavy (non-hydrogen) atoms. The van der Waals surface area contributed by atoms with E-state index in [2.05, 4.69) is 15.5 Å². The van der Waals surface area contributed by atoms with E-state index in [0.717, 1.165) is 38.3 Å². The summed E-state index contributed by atoms with van der Waals surface area (Å²) in [7, 11) is 0. The second-order valence-corrected chi connectivity index (χ2v) is 5.44. The summed E-state index contributed by atoms with van der Waals surface area (Å²) in [4.78, 5) is 14.2. The minimum absolute atomic E-state index is 0.00950. The molecule has 1 amide bonds. The Morgan fingerprint density at radius 1 is 1.38 bits per heavy atom. The van der Waals surface area contributed by atoms with Crippen LogP contribution in [-0.4, -0.2) is 51.3 Å². The average molecular weight is 293 g/mol. The van der Waals surface area contributed by atoms with Gasteiger partial charge in [0.15, 0.2) is 0 Å². The van der Waals surface area contributed by atoms with Crippen LogP contribution in [0.3, 0.4) is 0 Å². The molecule has 0 spiro atoms. The van der Waals surface area contributed by atoms with Crippen LogP contribution in [0.25, 0.3) is 0 Å². The Morgan fingerprint density at radius 2 is 2.19 bits per heavy atom. The maximum Gasteiger partial charge on any atom is 0.254 e. The van der Waals surface area contributed by atoms with Crippen LogP contribution in [0.1, 0.15) is 16.8 Å². The number of benzene rings is 1. The molecule has 2 fully saturated rings. The van der Waals surface area contributed by atoms with Crippen LogP contribution < -0.4 is 15.5 Å². The highest BCUT2D eigenvalue weighted by molar-refractivity contribution is 5.95. The zero-order chi connectivity index (χ0) is 14.7. The largest absolute Gasteiger partial charge is 0.379 e. The second-order valence-electron chi connectivity index (χ2n) is 5.44. The Labute approximate surface area is 123 Å². The predicted octanol–water partition coefficient (Wildman–Crippen LogP) is 0.754. The van der Waals surface area contributed by atoms with Crippen LogP contribution in [-0.2, 0) is 4.74 Å². The molecule has 1 aromatic rings. The van der Waals surface area contributed by atoms with Gasteiger partial charge in [-0.15, -0.1) is 0 Å². The molecule has 0 aromatic heterocycles. The molecule has 1 unspecified atom stereocenters. The summed E-state index contributed by atoms with van der Waals surface area (Å²) < 4.78 is 19.4. The highest BCUT2D eigenvalue weighted by atomic mass is 19.1. The molecule has 2 aliphatic rings. The van der Waals surface area contributed by atoms with Crippen LogP contribution in [0.2, 0.25) is 0 Å². The van der Waals surface area contributed by atoms with Gasteiger partial charge in [0.2, 0.25) is 0 Å². The fourth-order valence-electron chi connectivity index (χ4n) is 2.72. The van der Waals surface area contributed by atoms with Crippen molar-refractivity contribution in [2.24, 2.45) is 0 Å². The molecule has 5 nitrogen and oxygen atoms in total. The van der Waals surface area contributed by atoms with Gasteiger partial charge in [-0.25, -0.2) is 4.39 Å². The lowest BCUT2D eigenvalue weighted by molar-refractivity contribution is 0.0926. The van der Waals surface area contributed by atoms with Gasteiger partial charge in [0, 0.05) is 38.5 Å². The monoisotopic (exact) mass is 293 g/mol. The summed E-state index contributed by atoms with van der Waals surface area (Å²) >= 11 is 0. The third-order valence-corrected chi connectivity index (χ3v) is 3.94. The van der Waals surface area contributed by atoms with Crippen LogP contribution in [0, 0.1) is 5.82 Å². The fourth-order valence-corrected chi connectivity index (χ4v) is 2.72. The number of ether oxygens (including phenoxy) is 1. The van der Waals surface area contributed by atoms with Gasteiger partial charge in [0.1, 0.15) is 5.82 Å². The van der Waals surface area contributed by atoms with Crippen molar-refractivity contribution < 1.29 is 13.9 Å². The normalized spacial score (nSPS) is 22.3. The second kappa shape index (κ2) is 6.41. The lowest BCUT2D eigenvalue weighted by Gasteiger charge is -2.29. The molecular weight excluding hydrogens is 273 g/mol. The van der Waals surface area contributed by atoms with Gasteiger partial charge in [0.25, 0.3) is 5.91 Å².